The summed E-state index contributed by atoms with van der Waals surface area (Å²) >= 11 is 0. The molecule has 0 fully saturated rings. The zero-order chi connectivity index (χ0) is 17.4. The summed E-state index contributed by atoms with van der Waals surface area (Å²) in [5.41, 5.74) is -1.28. The van der Waals surface area contributed by atoms with Gasteiger partial charge < -0.3 is 14.8 Å². The van der Waals surface area contributed by atoms with Gasteiger partial charge in [-0.15, -0.1) is 0 Å². The molecule has 2 aromatic rings. The first-order valence-electron chi connectivity index (χ1n) is 6.67. The Balaban J connectivity index is 2.14. The number of carbonyl (C=O) groups is 1. The second-order valence-corrected chi connectivity index (χ2v) is 5.69. The van der Waals surface area contributed by atoms with Crippen LogP contribution in [0.5, 0.6) is 0 Å². The van der Waals surface area contributed by atoms with E-state index in [0.717, 1.165) is 13.8 Å². The maximum atomic E-state index is 12.6. The van der Waals surface area contributed by atoms with Crippen molar-refractivity contribution < 1.29 is 27.5 Å². The molecule has 1 atom stereocenters. The van der Waals surface area contributed by atoms with Gasteiger partial charge in [-0.2, -0.15) is 18.3 Å². The molecule has 0 aliphatic heterocycles. The van der Waals surface area contributed by atoms with E-state index in [2.05, 4.69) is 10.4 Å². The number of halogens is 3. The lowest BCUT2D eigenvalue weighted by Gasteiger charge is -2.32. The third-order valence-corrected chi connectivity index (χ3v) is 3.25. The number of aromatic nitrogens is 2. The van der Waals surface area contributed by atoms with E-state index < -0.39 is 23.7 Å². The van der Waals surface area contributed by atoms with E-state index >= 15 is 0 Å². The highest BCUT2D eigenvalue weighted by molar-refractivity contribution is 5.92. The number of alkyl halides is 3. The van der Waals surface area contributed by atoms with Crippen LogP contribution in [0.3, 0.4) is 0 Å². The first-order valence-corrected chi connectivity index (χ1v) is 6.67. The van der Waals surface area contributed by atoms with Gasteiger partial charge in [-0.3, -0.25) is 9.48 Å². The molecule has 2 rings (SSSR count). The summed E-state index contributed by atoms with van der Waals surface area (Å²) in [5, 5.41) is 15.4. The Hall–Kier alpha value is -2.29. The molecule has 0 spiro atoms. The fourth-order valence-electron chi connectivity index (χ4n) is 2.00. The zero-order valence-corrected chi connectivity index (χ0v) is 12.7. The van der Waals surface area contributed by atoms with E-state index in [4.69, 9.17) is 4.42 Å². The normalized spacial score (nSPS) is 13.9. The fraction of sp³-hybridized carbons (Fsp3) is 0.429. The van der Waals surface area contributed by atoms with Crippen molar-refractivity contribution in [3.63, 3.8) is 0 Å². The van der Waals surface area contributed by atoms with Crippen LogP contribution in [-0.2, 0) is 7.05 Å². The van der Waals surface area contributed by atoms with Crippen LogP contribution >= 0.6 is 0 Å². The standard InChI is InChI=1S/C14H16F3N3O3/c1-13(2,12(22)14(15,16)17)19-11(21)10-5-4-9(23-10)8-6-18-20(3)7-8/h4-7,12,22H,1-3H3,(H,19,21)/t12-/m0/s1. The first kappa shape index (κ1) is 17.1. The molecule has 0 unspecified atom stereocenters. The number of rotatable bonds is 4. The largest absolute Gasteiger partial charge is 0.451 e. The zero-order valence-electron chi connectivity index (χ0n) is 12.7. The Morgan fingerprint density at radius 2 is 2.04 bits per heavy atom. The van der Waals surface area contributed by atoms with E-state index in [1.165, 1.54) is 18.3 Å². The van der Waals surface area contributed by atoms with Gasteiger partial charge in [0.2, 0.25) is 0 Å². The van der Waals surface area contributed by atoms with Crippen LogP contribution in [0.1, 0.15) is 24.4 Å². The summed E-state index contributed by atoms with van der Waals surface area (Å²) in [6.45, 7) is 2.15. The number of aliphatic hydroxyl groups excluding tert-OH is 1. The molecular weight excluding hydrogens is 315 g/mol. The van der Waals surface area contributed by atoms with Gasteiger partial charge in [0.15, 0.2) is 11.9 Å². The Labute approximate surface area is 129 Å². The van der Waals surface area contributed by atoms with Gasteiger partial charge >= 0.3 is 6.18 Å². The van der Waals surface area contributed by atoms with E-state index in [-0.39, 0.29) is 5.76 Å². The van der Waals surface area contributed by atoms with Crippen LogP contribution in [0.4, 0.5) is 13.2 Å². The molecule has 2 N–H and O–H groups in total. The van der Waals surface area contributed by atoms with Gasteiger partial charge in [0.05, 0.1) is 17.3 Å². The van der Waals surface area contributed by atoms with Crippen molar-refractivity contribution in [2.75, 3.05) is 0 Å². The maximum Gasteiger partial charge on any atom is 0.416 e. The predicted octanol–water partition coefficient (Wildman–Crippen LogP) is 2.11. The molecular formula is C14H16F3N3O3. The number of aryl methyl sites for hydroxylation is 1. The van der Waals surface area contributed by atoms with E-state index in [0.29, 0.717) is 11.3 Å². The molecule has 2 aromatic heterocycles. The minimum absolute atomic E-state index is 0.161. The van der Waals surface area contributed by atoms with E-state index in [9.17, 15) is 23.1 Å². The maximum absolute atomic E-state index is 12.6. The number of hydrogen-bond acceptors (Lipinski definition) is 4. The van der Waals surface area contributed by atoms with E-state index in [1.807, 2.05) is 0 Å². The lowest BCUT2D eigenvalue weighted by molar-refractivity contribution is -0.222. The van der Waals surface area contributed by atoms with Crippen molar-refractivity contribution in [3.05, 3.63) is 30.3 Å². The third kappa shape index (κ3) is 3.73. The van der Waals surface area contributed by atoms with Crippen LogP contribution in [0.2, 0.25) is 0 Å². The summed E-state index contributed by atoms with van der Waals surface area (Å²) in [6, 6.07) is 2.85. The molecule has 126 valence electrons. The van der Waals surface area contributed by atoms with Crippen molar-refractivity contribution in [2.24, 2.45) is 7.05 Å². The van der Waals surface area contributed by atoms with Crippen molar-refractivity contribution in [2.45, 2.75) is 31.7 Å². The Morgan fingerprint density at radius 1 is 1.39 bits per heavy atom. The monoisotopic (exact) mass is 331 g/mol. The SMILES string of the molecule is Cn1cc(-c2ccc(C(=O)NC(C)(C)[C@H](O)C(F)(F)F)o2)cn1. The van der Waals surface area contributed by atoms with Crippen LogP contribution in [0.25, 0.3) is 11.3 Å². The molecule has 1 amide bonds. The molecule has 0 bridgehead atoms. The number of carbonyl (C=O) groups excluding carboxylic acids is 1. The molecule has 0 aromatic carbocycles. The fourth-order valence-corrected chi connectivity index (χ4v) is 2.00. The smallest absolute Gasteiger partial charge is 0.416 e. The van der Waals surface area contributed by atoms with Gasteiger partial charge in [-0.25, -0.2) is 0 Å². The second kappa shape index (κ2) is 5.73. The van der Waals surface area contributed by atoms with Gasteiger partial charge in [0.25, 0.3) is 5.91 Å². The highest BCUT2D eigenvalue weighted by atomic mass is 19.4. The van der Waals surface area contributed by atoms with Crippen LogP contribution in [0, 0.1) is 0 Å². The molecule has 0 aliphatic carbocycles. The lowest BCUT2D eigenvalue weighted by atomic mass is 9.96. The topological polar surface area (TPSA) is 80.3 Å². The van der Waals surface area contributed by atoms with Crippen molar-refractivity contribution in [1.82, 2.24) is 15.1 Å². The average Bonchev–Trinajstić information content (AvgIpc) is 3.04. The number of amides is 1. The molecule has 2 heterocycles. The quantitative estimate of drug-likeness (QED) is 0.899. The summed E-state index contributed by atoms with van der Waals surface area (Å²) in [6.07, 6.45) is -4.36. The second-order valence-electron chi connectivity index (χ2n) is 5.69. The highest BCUT2D eigenvalue weighted by Crippen LogP contribution is 2.28. The average molecular weight is 331 g/mol. The molecule has 23 heavy (non-hydrogen) atoms. The number of furan rings is 1. The Bertz CT molecular complexity index is 703. The number of hydrogen-bond donors (Lipinski definition) is 2. The van der Waals surface area contributed by atoms with Crippen molar-refractivity contribution >= 4 is 5.91 Å². The number of nitrogens with one attached hydrogen (secondary N) is 1. The Morgan fingerprint density at radius 3 is 2.57 bits per heavy atom. The first-order chi connectivity index (χ1) is 10.5. The molecule has 6 nitrogen and oxygen atoms in total. The molecule has 9 heteroatoms. The van der Waals surface area contributed by atoms with Gasteiger partial charge in [-0.05, 0) is 26.0 Å². The summed E-state index contributed by atoms with van der Waals surface area (Å²) in [7, 11) is 1.71. The molecule has 0 saturated carbocycles. The lowest BCUT2D eigenvalue weighted by Crippen LogP contribution is -2.57. The van der Waals surface area contributed by atoms with Crippen LogP contribution < -0.4 is 5.32 Å². The predicted molar refractivity (Wildman–Crippen MR) is 74.5 cm³/mol. The molecule has 0 saturated heterocycles. The van der Waals surface area contributed by atoms with Crippen LogP contribution in [0.15, 0.2) is 28.9 Å². The summed E-state index contributed by atoms with van der Waals surface area (Å²) in [4.78, 5) is 12.0. The van der Waals surface area contributed by atoms with Crippen molar-refractivity contribution in [3.8, 4) is 11.3 Å². The van der Waals surface area contributed by atoms with Crippen molar-refractivity contribution in [1.29, 1.82) is 0 Å². The minimum Gasteiger partial charge on any atom is -0.451 e. The van der Waals surface area contributed by atoms with Crippen LogP contribution in [-0.4, -0.2) is 38.6 Å². The molecule has 0 radical (unpaired) electrons. The Kier molecular flexibility index (Phi) is 4.25. The van der Waals surface area contributed by atoms with Gasteiger partial charge in [-0.1, -0.05) is 0 Å². The third-order valence-electron chi connectivity index (χ3n) is 3.25. The molecule has 0 aliphatic rings. The van der Waals surface area contributed by atoms with E-state index in [1.54, 1.807) is 17.9 Å². The van der Waals surface area contributed by atoms with Gasteiger partial charge in [0, 0.05) is 13.2 Å². The van der Waals surface area contributed by atoms with Gasteiger partial charge in [0.1, 0.15) is 5.76 Å². The number of nitrogens with zero attached hydrogens (tertiary/aromatic N) is 2. The minimum atomic E-state index is -4.85. The summed E-state index contributed by atoms with van der Waals surface area (Å²) < 4.78 is 44.6. The number of aliphatic hydroxyl groups is 1. The highest BCUT2D eigenvalue weighted by Gasteiger charge is 2.48. The summed E-state index contributed by atoms with van der Waals surface area (Å²) in [5.74, 6) is -0.655.